The van der Waals surface area contributed by atoms with Crippen LogP contribution in [0.15, 0.2) is 12.2 Å². The van der Waals surface area contributed by atoms with Gasteiger partial charge in [-0.1, -0.05) is 148 Å². The van der Waals surface area contributed by atoms with Gasteiger partial charge in [-0.2, -0.15) is 0 Å². The SMILES string of the molecule is CCCC/C=C\CCCCCCCC(=O)OC(COCCCCCCCCCCCCCCCCC)COP(=O)(O)OCCN. The number of phosphoric ester groups is 1. The van der Waals surface area contributed by atoms with Gasteiger partial charge in [0.2, 0.25) is 0 Å². The van der Waals surface area contributed by atoms with Crippen LogP contribution in [0, 0.1) is 0 Å². The number of ether oxygens (including phenoxy) is 2. The van der Waals surface area contributed by atoms with E-state index in [1.807, 2.05) is 0 Å². The molecule has 9 heteroatoms. The van der Waals surface area contributed by atoms with Crippen LogP contribution in [0.25, 0.3) is 0 Å². The van der Waals surface area contributed by atoms with Crippen molar-refractivity contribution in [1.29, 1.82) is 0 Å². The van der Waals surface area contributed by atoms with E-state index in [-0.39, 0.29) is 32.3 Å². The Labute approximate surface area is 277 Å². The summed E-state index contributed by atoms with van der Waals surface area (Å²) < 4.78 is 33.2. The first kappa shape index (κ1) is 44.2. The fourth-order valence-electron chi connectivity index (χ4n) is 5.15. The smallest absolute Gasteiger partial charge is 0.457 e. The quantitative estimate of drug-likeness (QED) is 0.0295. The Morgan fingerprint density at radius 1 is 0.644 bits per heavy atom. The molecule has 0 saturated heterocycles. The van der Waals surface area contributed by atoms with Crippen molar-refractivity contribution in [2.75, 3.05) is 33.0 Å². The van der Waals surface area contributed by atoms with Crippen molar-refractivity contribution in [2.24, 2.45) is 5.73 Å². The summed E-state index contributed by atoms with van der Waals surface area (Å²) in [6.45, 7) is 4.89. The zero-order valence-electron chi connectivity index (χ0n) is 29.4. The first-order valence-corrected chi connectivity index (χ1v) is 20.2. The number of hydrogen-bond acceptors (Lipinski definition) is 7. The minimum absolute atomic E-state index is 0.0942. The lowest BCUT2D eigenvalue weighted by Gasteiger charge is -2.20. The molecule has 0 aliphatic carbocycles. The second kappa shape index (κ2) is 34.6. The minimum Gasteiger partial charge on any atom is -0.457 e. The molecular weight excluding hydrogens is 589 g/mol. The topological polar surface area (TPSA) is 117 Å². The van der Waals surface area contributed by atoms with Crippen molar-refractivity contribution >= 4 is 13.8 Å². The van der Waals surface area contributed by atoms with Crippen molar-refractivity contribution in [1.82, 2.24) is 0 Å². The molecule has 268 valence electrons. The molecule has 0 heterocycles. The highest BCUT2D eigenvalue weighted by atomic mass is 31.2. The monoisotopic (exact) mass is 662 g/mol. The summed E-state index contributed by atoms with van der Waals surface area (Å²) in [5, 5.41) is 0. The third-order valence-corrected chi connectivity index (χ3v) is 8.92. The Morgan fingerprint density at radius 3 is 1.69 bits per heavy atom. The van der Waals surface area contributed by atoms with Gasteiger partial charge in [0.05, 0.1) is 19.8 Å². The number of carbonyl (C=O) groups excluding carboxylic acids is 1. The fourth-order valence-corrected chi connectivity index (χ4v) is 5.92. The molecule has 0 aromatic carbocycles. The van der Waals surface area contributed by atoms with Gasteiger partial charge < -0.3 is 20.1 Å². The van der Waals surface area contributed by atoms with Gasteiger partial charge >= 0.3 is 13.8 Å². The average molecular weight is 662 g/mol. The second-order valence-electron chi connectivity index (χ2n) is 12.4. The predicted molar refractivity (Wildman–Crippen MR) is 187 cm³/mol. The molecule has 3 N–H and O–H groups in total. The van der Waals surface area contributed by atoms with E-state index in [9.17, 15) is 14.3 Å². The lowest BCUT2D eigenvalue weighted by Crippen LogP contribution is -2.28. The molecule has 0 spiro atoms. The number of hydrogen-bond donors (Lipinski definition) is 2. The zero-order chi connectivity index (χ0) is 33.1. The summed E-state index contributed by atoms with van der Waals surface area (Å²) in [7, 11) is -4.26. The molecule has 0 amide bonds. The Hall–Kier alpha value is -0.760. The highest BCUT2D eigenvalue weighted by Crippen LogP contribution is 2.43. The maximum atomic E-state index is 12.5. The van der Waals surface area contributed by atoms with Crippen LogP contribution in [0.4, 0.5) is 0 Å². The molecule has 2 unspecified atom stereocenters. The van der Waals surface area contributed by atoms with Gasteiger partial charge in [0.15, 0.2) is 0 Å². The van der Waals surface area contributed by atoms with Crippen molar-refractivity contribution in [2.45, 2.75) is 180 Å². The van der Waals surface area contributed by atoms with Crippen LogP contribution >= 0.6 is 7.82 Å². The van der Waals surface area contributed by atoms with Gasteiger partial charge in [-0.3, -0.25) is 13.8 Å². The van der Waals surface area contributed by atoms with Crippen molar-refractivity contribution in [3.63, 3.8) is 0 Å². The van der Waals surface area contributed by atoms with Crippen LogP contribution in [0.5, 0.6) is 0 Å². The summed E-state index contributed by atoms with van der Waals surface area (Å²) in [6.07, 6.45) is 33.6. The number of rotatable bonds is 36. The van der Waals surface area contributed by atoms with Crippen molar-refractivity contribution in [3.8, 4) is 0 Å². The number of unbranched alkanes of at least 4 members (excludes halogenated alkanes) is 21. The fraction of sp³-hybridized carbons (Fsp3) is 0.917. The van der Waals surface area contributed by atoms with Crippen LogP contribution < -0.4 is 5.73 Å². The molecule has 0 aromatic rings. The molecule has 0 aliphatic heterocycles. The molecule has 0 aliphatic rings. The molecule has 2 atom stereocenters. The van der Waals surface area contributed by atoms with Crippen LogP contribution in [0.2, 0.25) is 0 Å². The zero-order valence-corrected chi connectivity index (χ0v) is 30.3. The molecule has 45 heavy (non-hydrogen) atoms. The third kappa shape index (κ3) is 34.4. The van der Waals surface area contributed by atoms with Crippen LogP contribution in [-0.4, -0.2) is 49.9 Å². The van der Waals surface area contributed by atoms with Crippen molar-refractivity contribution < 1.29 is 32.8 Å². The van der Waals surface area contributed by atoms with E-state index in [2.05, 4.69) is 26.0 Å². The molecule has 0 rings (SSSR count). The standard InChI is InChI=1S/C36H72NO7P/c1-3-5-7-9-11-13-15-16-17-18-20-22-24-26-28-31-41-33-35(34-43-45(39,40)42-32-30-37)44-36(38)29-27-25-23-21-19-14-12-10-8-6-4-2/h10,12,35H,3-9,11,13-34,37H2,1-2H3,(H,39,40)/b12-10-. The van der Waals surface area contributed by atoms with Gasteiger partial charge in [-0.25, -0.2) is 4.57 Å². The number of nitrogens with two attached hydrogens (primary N) is 1. The van der Waals surface area contributed by atoms with E-state index >= 15 is 0 Å². The van der Waals surface area contributed by atoms with Crippen LogP contribution in [0.3, 0.4) is 0 Å². The number of phosphoric acid groups is 1. The predicted octanol–water partition coefficient (Wildman–Crippen LogP) is 10.4. The Balaban J connectivity index is 4.06. The summed E-state index contributed by atoms with van der Waals surface area (Å²) in [5.74, 6) is -0.339. The molecule has 8 nitrogen and oxygen atoms in total. The number of esters is 1. The highest BCUT2D eigenvalue weighted by Gasteiger charge is 2.25. The number of carbonyl (C=O) groups is 1. The van der Waals surface area contributed by atoms with Crippen LogP contribution in [-0.2, 0) is 27.9 Å². The largest absolute Gasteiger partial charge is 0.472 e. The third-order valence-electron chi connectivity index (χ3n) is 7.93. The maximum absolute atomic E-state index is 12.5. The van der Waals surface area contributed by atoms with Gasteiger partial charge in [0, 0.05) is 19.6 Å². The van der Waals surface area contributed by atoms with E-state index in [0.717, 1.165) is 44.9 Å². The number of allylic oxidation sites excluding steroid dienone is 2. The Kier molecular flexibility index (Phi) is 34.0. The highest BCUT2D eigenvalue weighted by molar-refractivity contribution is 7.47. The summed E-state index contributed by atoms with van der Waals surface area (Å²) in [6, 6.07) is 0. The average Bonchev–Trinajstić information content (AvgIpc) is 3.02. The van der Waals surface area contributed by atoms with E-state index in [4.69, 9.17) is 24.3 Å². The summed E-state index contributed by atoms with van der Waals surface area (Å²) in [5.41, 5.74) is 5.34. The van der Waals surface area contributed by atoms with Gasteiger partial charge in [0.25, 0.3) is 0 Å². The van der Waals surface area contributed by atoms with Crippen LogP contribution in [0.1, 0.15) is 174 Å². The normalized spacial score (nSPS) is 13.8. The summed E-state index contributed by atoms with van der Waals surface area (Å²) >= 11 is 0. The Bertz CT molecular complexity index is 707. The lowest BCUT2D eigenvalue weighted by atomic mass is 10.0. The molecular formula is C36H72NO7P. The van der Waals surface area contributed by atoms with E-state index < -0.39 is 13.9 Å². The van der Waals surface area contributed by atoms with E-state index in [0.29, 0.717) is 13.0 Å². The molecule has 0 fully saturated rings. The molecule has 0 aromatic heterocycles. The van der Waals surface area contributed by atoms with E-state index in [1.165, 1.54) is 109 Å². The second-order valence-corrected chi connectivity index (χ2v) is 13.9. The molecule has 0 bridgehead atoms. The first-order valence-electron chi connectivity index (χ1n) is 18.7. The lowest BCUT2D eigenvalue weighted by molar-refractivity contribution is -0.154. The Morgan fingerprint density at radius 2 is 1.13 bits per heavy atom. The van der Waals surface area contributed by atoms with Gasteiger partial charge in [-0.15, -0.1) is 0 Å². The van der Waals surface area contributed by atoms with E-state index in [1.54, 1.807) is 0 Å². The van der Waals surface area contributed by atoms with Gasteiger partial charge in [-0.05, 0) is 32.1 Å². The summed E-state index contributed by atoms with van der Waals surface area (Å²) in [4.78, 5) is 22.3. The minimum atomic E-state index is -4.26. The van der Waals surface area contributed by atoms with Crippen molar-refractivity contribution in [3.05, 3.63) is 12.2 Å². The van der Waals surface area contributed by atoms with Gasteiger partial charge in [0.1, 0.15) is 6.10 Å². The molecule has 0 radical (unpaired) electrons. The maximum Gasteiger partial charge on any atom is 0.472 e. The molecule has 0 saturated carbocycles. The first-order chi connectivity index (χ1) is 21.9.